The first-order chi connectivity index (χ1) is 8.79. The summed E-state index contributed by atoms with van der Waals surface area (Å²) in [6, 6.07) is 6.21. The lowest BCUT2D eigenvalue weighted by Gasteiger charge is -2.13. The topological polar surface area (TPSA) is 34.1 Å². The van der Waals surface area contributed by atoms with Gasteiger partial charge in [-0.25, -0.2) is 4.98 Å². The Morgan fingerprint density at radius 2 is 2.39 bits per heavy atom. The number of nitrogens with one attached hydrogen (secondary N) is 1. The minimum Gasteiger partial charge on any atom is -0.377 e. The van der Waals surface area contributed by atoms with Gasteiger partial charge in [0, 0.05) is 24.2 Å². The van der Waals surface area contributed by atoms with Gasteiger partial charge in [-0.05, 0) is 31.9 Å². The summed E-state index contributed by atoms with van der Waals surface area (Å²) in [6.07, 6.45) is 2.67. The van der Waals surface area contributed by atoms with E-state index in [4.69, 9.17) is 4.74 Å². The molecule has 0 amide bonds. The van der Waals surface area contributed by atoms with E-state index in [1.54, 1.807) is 0 Å². The number of hydrogen-bond donors (Lipinski definition) is 1. The number of nitrogens with zero attached hydrogens (tertiary/aromatic N) is 1. The molecule has 2 unspecified atom stereocenters. The fraction of sp³-hybridized carbons (Fsp3) is 0.643. The van der Waals surface area contributed by atoms with Crippen LogP contribution in [0.1, 0.15) is 32.4 Å². The Balaban J connectivity index is 1.84. The van der Waals surface area contributed by atoms with Gasteiger partial charge in [0.1, 0.15) is 5.82 Å². The largest absolute Gasteiger partial charge is 0.377 e. The SMILES string of the molecule is CCCNc1cccc(CSC2CCOC2C)n1. The highest BCUT2D eigenvalue weighted by Gasteiger charge is 2.24. The third kappa shape index (κ3) is 3.89. The van der Waals surface area contributed by atoms with Gasteiger partial charge < -0.3 is 10.1 Å². The average molecular weight is 266 g/mol. The normalized spacial score (nSPS) is 23.2. The molecule has 100 valence electrons. The summed E-state index contributed by atoms with van der Waals surface area (Å²) >= 11 is 1.96. The quantitative estimate of drug-likeness (QED) is 0.856. The van der Waals surface area contributed by atoms with Crippen molar-refractivity contribution in [1.82, 2.24) is 4.98 Å². The van der Waals surface area contributed by atoms with Crippen molar-refractivity contribution in [3.63, 3.8) is 0 Å². The Morgan fingerprint density at radius 3 is 3.11 bits per heavy atom. The van der Waals surface area contributed by atoms with E-state index in [0.29, 0.717) is 11.4 Å². The minimum atomic E-state index is 0.386. The number of aromatic nitrogens is 1. The molecule has 2 heterocycles. The molecule has 1 aliphatic rings. The molecule has 18 heavy (non-hydrogen) atoms. The lowest BCUT2D eigenvalue weighted by Crippen LogP contribution is -2.13. The first kappa shape index (κ1) is 13.7. The molecule has 4 heteroatoms. The van der Waals surface area contributed by atoms with Crippen molar-refractivity contribution >= 4 is 17.6 Å². The predicted molar refractivity (Wildman–Crippen MR) is 78.1 cm³/mol. The maximum Gasteiger partial charge on any atom is 0.126 e. The van der Waals surface area contributed by atoms with Crippen molar-refractivity contribution in [2.24, 2.45) is 0 Å². The van der Waals surface area contributed by atoms with Crippen LogP contribution in [0.15, 0.2) is 18.2 Å². The number of thioether (sulfide) groups is 1. The van der Waals surface area contributed by atoms with Crippen molar-refractivity contribution in [1.29, 1.82) is 0 Å². The average Bonchev–Trinajstić information content (AvgIpc) is 2.80. The van der Waals surface area contributed by atoms with Gasteiger partial charge in [0.25, 0.3) is 0 Å². The highest BCUT2D eigenvalue weighted by Crippen LogP contribution is 2.28. The predicted octanol–water partition coefficient (Wildman–Crippen LogP) is 3.31. The maximum absolute atomic E-state index is 5.58. The highest BCUT2D eigenvalue weighted by molar-refractivity contribution is 7.99. The zero-order chi connectivity index (χ0) is 12.8. The Labute approximate surface area is 114 Å². The Hall–Kier alpha value is -0.740. The molecule has 0 radical (unpaired) electrons. The molecule has 0 saturated carbocycles. The van der Waals surface area contributed by atoms with Crippen LogP contribution in [-0.4, -0.2) is 29.5 Å². The molecule has 0 spiro atoms. The van der Waals surface area contributed by atoms with Crippen molar-refractivity contribution in [2.45, 2.75) is 43.8 Å². The van der Waals surface area contributed by atoms with E-state index in [-0.39, 0.29) is 0 Å². The summed E-state index contributed by atoms with van der Waals surface area (Å²) in [5.41, 5.74) is 1.15. The van der Waals surface area contributed by atoms with Crippen LogP contribution in [0.4, 0.5) is 5.82 Å². The lowest BCUT2D eigenvalue weighted by molar-refractivity contribution is 0.127. The molecule has 2 atom stereocenters. The van der Waals surface area contributed by atoms with Crippen LogP contribution in [0.5, 0.6) is 0 Å². The summed E-state index contributed by atoms with van der Waals surface area (Å²) < 4.78 is 5.58. The van der Waals surface area contributed by atoms with Crippen LogP contribution in [0, 0.1) is 0 Å². The summed E-state index contributed by atoms with van der Waals surface area (Å²) in [7, 11) is 0. The van der Waals surface area contributed by atoms with Gasteiger partial charge in [-0.3, -0.25) is 0 Å². The summed E-state index contributed by atoms with van der Waals surface area (Å²) in [6.45, 7) is 6.22. The van der Waals surface area contributed by atoms with E-state index in [0.717, 1.165) is 36.8 Å². The van der Waals surface area contributed by atoms with Crippen molar-refractivity contribution in [3.8, 4) is 0 Å². The van der Waals surface area contributed by atoms with E-state index in [1.807, 2.05) is 17.8 Å². The Morgan fingerprint density at radius 1 is 1.50 bits per heavy atom. The van der Waals surface area contributed by atoms with Crippen LogP contribution in [-0.2, 0) is 10.5 Å². The van der Waals surface area contributed by atoms with Crippen molar-refractivity contribution in [3.05, 3.63) is 23.9 Å². The van der Waals surface area contributed by atoms with Gasteiger partial charge >= 0.3 is 0 Å². The first-order valence-electron chi connectivity index (χ1n) is 6.72. The third-order valence-electron chi connectivity index (χ3n) is 3.11. The van der Waals surface area contributed by atoms with E-state index in [2.05, 4.69) is 36.3 Å². The van der Waals surface area contributed by atoms with Crippen LogP contribution >= 0.6 is 11.8 Å². The number of anilines is 1. The molecule has 2 rings (SSSR count). The van der Waals surface area contributed by atoms with Crippen molar-refractivity contribution < 1.29 is 4.74 Å². The molecular weight excluding hydrogens is 244 g/mol. The fourth-order valence-corrected chi connectivity index (χ4v) is 3.19. The molecule has 0 bridgehead atoms. The zero-order valence-electron chi connectivity index (χ0n) is 11.2. The van der Waals surface area contributed by atoms with Gasteiger partial charge in [-0.1, -0.05) is 13.0 Å². The molecule has 1 aromatic heterocycles. The second-order valence-corrected chi connectivity index (χ2v) is 5.88. The Bertz CT molecular complexity index is 373. The van der Waals surface area contributed by atoms with Crippen LogP contribution in [0.3, 0.4) is 0 Å². The first-order valence-corrected chi connectivity index (χ1v) is 7.77. The van der Waals surface area contributed by atoms with Crippen molar-refractivity contribution in [2.75, 3.05) is 18.5 Å². The van der Waals surface area contributed by atoms with E-state index in [9.17, 15) is 0 Å². The van der Waals surface area contributed by atoms with Crippen LogP contribution in [0.25, 0.3) is 0 Å². The van der Waals surface area contributed by atoms with E-state index < -0.39 is 0 Å². The maximum atomic E-state index is 5.58. The van der Waals surface area contributed by atoms with Gasteiger partial charge in [0.15, 0.2) is 0 Å². The van der Waals surface area contributed by atoms with Gasteiger partial charge in [0.2, 0.25) is 0 Å². The molecule has 1 N–H and O–H groups in total. The summed E-state index contributed by atoms with van der Waals surface area (Å²) in [5, 5.41) is 3.95. The molecule has 1 aliphatic heterocycles. The smallest absolute Gasteiger partial charge is 0.126 e. The molecule has 0 aliphatic carbocycles. The second kappa shape index (κ2) is 7.00. The molecule has 3 nitrogen and oxygen atoms in total. The molecule has 1 saturated heterocycles. The number of pyridine rings is 1. The highest BCUT2D eigenvalue weighted by atomic mass is 32.2. The number of ether oxygens (including phenoxy) is 1. The third-order valence-corrected chi connectivity index (χ3v) is 4.62. The zero-order valence-corrected chi connectivity index (χ0v) is 12.0. The monoisotopic (exact) mass is 266 g/mol. The Kier molecular flexibility index (Phi) is 5.32. The van der Waals surface area contributed by atoms with E-state index in [1.165, 1.54) is 6.42 Å². The molecular formula is C14H22N2OS. The standard InChI is InChI=1S/C14H22N2OS/c1-3-8-15-14-6-4-5-12(16-14)10-18-13-7-9-17-11(13)2/h4-6,11,13H,3,7-10H2,1-2H3,(H,15,16). The number of rotatable bonds is 6. The molecule has 1 fully saturated rings. The van der Waals surface area contributed by atoms with E-state index >= 15 is 0 Å². The van der Waals surface area contributed by atoms with Gasteiger partial charge in [-0.15, -0.1) is 11.8 Å². The molecule has 1 aromatic rings. The minimum absolute atomic E-state index is 0.386. The second-order valence-electron chi connectivity index (χ2n) is 4.65. The van der Waals surface area contributed by atoms with Crippen LogP contribution < -0.4 is 5.32 Å². The lowest BCUT2D eigenvalue weighted by atomic mass is 10.3. The molecule has 0 aromatic carbocycles. The fourth-order valence-electron chi connectivity index (χ4n) is 2.03. The van der Waals surface area contributed by atoms with Gasteiger partial charge in [0.05, 0.1) is 11.8 Å². The summed E-state index contributed by atoms with van der Waals surface area (Å²) in [4.78, 5) is 4.62. The number of hydrogen-bond acceptors (Lipinski definition) is 4. The van der Waals surface area contributed by atoms with Crippen LogP contribution in [0.2, 0.25) is 0 Å². The van der Waals surface area contributed by atoms with Gasteiger partial charge in [-0.2, -0.15) is 0 Å². The summed E-state index contributed by atoms with van der Waals surface area (Å²) in [5.74, 6) is 1.96.